The summed E-state index contributed by atoms with van der Waals surface area (Å²) in [7, 11) is 0. The van der Waals surface area contributed by atoms with E-state index in [0.717, 1.165) is 55.3 Å². The molecule has 11 rings (SSSR count). The zero-order chi connectivity index (χ0) is 39.8. The van der Waals surface area contributed by atoms with E-state index in [1.165, 1.54) is 38.2 Å². The Morgan fingerprint density at radius 2 is 0.617 bits per heavy atom. The van der Waals surface area contributed by atoms with Crippen LogP contribution in [0.25, 0.3) is 111 Å². The zero-order valence-corrected chi connectivity index (χ0v) is 32.7. The molecule has 1 heterocycles. The monoisotopic (exact) mass is 763 g/mol. The Kier molecular flexibility index (Phi) is 8.83. The summed E-state index contributed by atoms with van der Waals surface area (Å²) in [5, 5.41) is 7.04. The maximum atomic E-state index is 5.33. The topological polar surface area (TPSA) is 38.7 Å². The molecular weight excluding hydrogens is 727 g/mol. The first-order valence-corrected chi connectivity index (χ1v) is 20.3. The fraction of sp³-hybridized carbons (Fsp3) is 0. The number of hydrogen-bond donors (Lipinski definition) is 0. The van der Waals surface area contributed by atoms with E-state index in [9.17, 15) is 0 Å². The first-order valence-electron chi connectivity index (χ1n) is 20.3. The molecular formula is C57H37N3. The Morgan fingerprint density at radius 1 is 0.200 bits per heavy atom. The van der Waals surface area contributed by atoms with Gasteiger partial charge in [0.15, 0.2) is 17.5 Å². The van der Waals surface area contributed by atoms with Gasteiger partial charge in [0, 0.05) is 16.7 Å². The maximum Gasteiger partial charge on any atom is 0.164 e. The lowest BCUT2D eigenvalue weighted by atomic mass is 9.91. The van der Waals surface area contributed by atoms with Gasteiger partial charge in [-0.3, -0.25) is 0 Å². The molecule has 11 aromatic rings. The van der Waals surface area contributed by atoms with Crippen LogP contribution in [0.2, 0.25) is 0 Å². The molecule has 0 unspecified atom stereocenters. The molecule has 0 radical (unpaired) electrons. The van der Waals surface area contributed by atoms with Gasteiger partial charge in [0.05, 0.1) is 0 Å². The molecule has 0 aliphatic rings. The highest BCUT2D eigenvalue weighted by molar-refractivity contribution is 6.05. The van der Waals surface area contributed by atoms with Crippen LogP contribution in [-0.2, 0) is 0 Å². The lowest BCUT2D eigenvalue weighted by molar-refractivity contribution is 1.08. The predicted molar refractivity (Wildman–Crippen MR) is 250 cm³/mol. The molecule has 0 fully saturated rings. The van der Waals surface area contributed by atoms with E-state index in [0.29, 0.717) is 17.5 Å². The zero-order valence-electron chi connectivity index (χ0n) is 32.7. The normalized spacial score (nSPS) is 11.3. The first-order chi connectivity index (χ1) is 29.7. The maximum absolute atomic E-state index is 5.33. The third-order valence-electron chi connectivity index (χ3n) is 11.5. The van der Waals surface area contributed by atoms with Crippen molar-refractivity contribution in [2.24, 2.45) is 0 Å². The van der Waals surface area contributed by atoms with E-state index < -0.39 is 0 Å². The fourth-order valence-corrected chi connectivity index (χ4v) is 8.60. The number of nitrogens with zero attached hydrogens (tertiary/aromatic N) is 3. The Morgan fingerprint density at radius 3 is 1.25 bits per heavy atom. The highest BCUT2D eigenvalue weighted by Crippen LogP contribution is 2.39. The van der Waals surface area contributed by atoms with Crippen molar-refractivity contribution in [2.45, 2.75) is 0 Å². The number of benzene rings is 10. The van der Waals surface area contributed by atoms with Crippen molar-refractivity contribution in [2.75, 3.05) is 0 Å². The number of fused-ring (bicyclic) bond motifs is 3. The average Bonchev–Trinajstić information content (AvgIpc) is 3.33. The highest BCUT2D eigenvalue weighted by atomic mass is 15.0. The summed E-state index contributed by atoms with van der Waals surface area (Å²) in [5.74, 6) is 1.86. The van der Waals surface area contributed by atoms with Crippen molar-refractivity contribution in [3.8, 4) is 78.7 Å². The molecule has 0 spiro atoms. The van der Waals surface area contributed by atoms with Crippen molar-refractivity contribution in [3.63, 3.8) is 0 Å². The van der Waals surface area contributed by atoms with Crippen molar-refractivity contribution in [1.82, 2.24) is 15.0 Å². The summed E-state index contributed by atoms with van der Waals surface area (Å²) in [6, 6.07) is 79.5. The van der Waals surface area contributed by atoms with Gasteiger partial charge >= 0.3 is 0 Å². The minimum atomic E-state index is 0.617. The molecule has 280 valence electrons. The SMILES string of the molecule is c1ccc(-c2cc(-c3nc(-c4cccc(-c5cccc6ccccc56)c4)nc(-c4cccc(-c5ccc(-c6ccccc6)c6ccccc56)c4)n3)c3ccccc3c2)cc1. The van der Waals surface area contributed by atoms with E-state index >= 15 is 0 Å². The quantitative estimate of drug-likeness (QED) is 0.162. The lowest BCUT2D eigenvalue weighted by Crippen LogP contribution is -2.01. The van der Waals surface area contributed by atoms with E-state index in [-0.39, 0.29) is 0 Å². The fourth-order valence-electron chi connectivity index (χ4n) is 8.60. The molecule has 0 aliphatic heterocycles. The van der Waals surface area contributed by atoms with Crippen LogP contribution in [0.15, 0.2) is 224 Å². The van der Waals surface area contributed by atoms with Crippen LogP contribution in [-0.4, -0.2) is 15.0 Å². The van der Waals surface area contributed by atoms with Crippen molar-refractivity contribution >= 4 is 32.3 Å². The van der Waals surface area contributed by atoms with Crippen LogP contribution in [0.4, 0.5) is 0 Å². The minimum Gasteiger partial charge on any atom is -0.208 e. The molecule has 60 heavy (non-hydrogen) atoms. The van der Waals surface area contributed by atoms with E-state index in [1.54, 1.807) is 0 Å². The molecule has 0 N–H and O–H groups in total. The van der Waals surface area contributed by atoms with Crippen LogP contribution in [0.1, 0.15) is 0 Å². The molecule has 0 saturated heterocycles. The largest absolute Gasteiger partial charge is 0.208 e. The van der Waals surface area contributed by atoms with Crippen molar-refractivity contribution in [3.05, 3.63) is 224 Å². The van der Waals surface area contributed by atoms with Crippen LogP contribution >= 0.6 is 0 Å². The Labute approximate surface area is 349 Å². The van der Waals surface area contributed by atoms with Gasteiger partial charge in [-0.15, -0.1) is 0 Å². The second kappa shape index (κ2) is 15.1. The summed E-state index contributed by atoms with van der Waals surface area (Å²) >= 11 is 0. The molecule has 0 bridgehead atoms. The molecule has 0 aliphatic carbocycles. The van der Waals surface area contributed by atoms with Gasteiger partial charge in [-0.25, -0.2) is 15.0 Å². The van der Waals surface area contributed by atoms with Crippen molar-refractivity contribution < 1.29 is 0 Å². The lowest BCUT2D eigenvalue weighted by Gasteiger charge is -2.14. The summed E-state index contributed by atoms with van der Waals surface area (Å²) in [4.78, 5) is 15.9. The highest BCUT2D eigenvalue weighted by Gasteiger charge is 2.18. The van der Waals surface area contributed by atoms with Gasteiger partial charge in [-0.1, -0.05) is 200 Å². The van der Waals surface area contributed by atoms with Crippen LogP contribution < -0.4 is 0 Å². The molecule has 10 aromatic carbocycles. The number of rotatable bonds is 7. The molecule has 0 saturated carbocycles. The summed E-state index contributed by atoms with van der Waals surface area (Å²) in [5.41, 5.74) is 12.0. The summed E-state index contributed by atoms with van der Waals surface area (Å²) < 4.78 is 0. The van der Waals surface area contributed by atoms with E-state index in [4.69, 9.17) is 15.0 Å². The smallest absolute Gasteiger partial charge is 0.164 e. The number of aromatic nitrogens is 3. The molecule has 0 amide bonds. The summed E-state index contributed by atoms with van der Waals surface area (Å²) in [6.45, 7) is 0. The number of hydrogen-bond acceptors (Lipinski definition) is 3. The minimum absolute atomic E-state index is 0.617. The molecule has 1 aromatic heterocycles. The third-order valence-corrected chi connectivity index (χ3v) is 11.5. The van der Waals surface area contributed by atoms with Crippen LogP contribution in [0.3, 0.4) is 0 Å². The van der Waals surface area contributed by atoms with Gasteiger partial charge in [-0.05, 0) is 101 Å². The van der Waals surface area contributed by atoms with Gasteiger partial charge in [0.25, 0.3) is 0 Å². The Balaban J connectivity index is 1.11. The second-order valence-electron chi connectivity index (χ2n) is 15.2. The molecule has 3 nitrogen and oxygen atoms in total. The second-order valence-corrected chi connectivity index (χ2v) is 15.2. The van der Waals surface area contributed by atoms with Gasteiger partial charge in [0.1, 0.15) is 0 Å². The predicted octanol–water partition coefficient (Wildman–Crippen LogP) is 15.0. The third kappa shape index (κ3) is 6.49. The van der Waals surface area contributed by atoms with Gasteiger partial charge < -0.3 is 0 Å². The Hall–Kier alpha value is -8.01. The van der Waals surface area contributed by atoms with E-state index in [1.807, 2.05) is 0 Å². The van der Waals surface area contributed by atoms with Crippen LogP contribution in [0, 0.1) is 0 Å². The standard InChI is InChI=1S/C57H37N3/c1-3-16-38(17-4-1)46-36-41-21-8-10-28-49(41)54(37-46)57-59-55(44-25-13-23-42(34-44)48-31-15-22-40-20-7-9-27-47(40)48)58-56(60-57)45-26-14-24-43(35-45)51-33-32-50(39-18-5-2-6-19-39)52-29-11-12-30-53(51)52/h1-37H. The van der Waals surface area contributed by atoms with Gasteiger partial charge in [0.2, 0.25) is 0 Å². The first kappa shape index (κ1) is 35.2. The molecule has 0 atom stereocenters. The Bertz CT molecular complexity index is 3370. The van der Waals surface area contributed by atoms with Crippen molar-refractivity contribution in [1.29, 1.82) is 0 Å². The van der Waals surface area contributed by atoms with Gasteiger partial charge in [-0.2, -0.15) is 0 Å². The molecule has 3 heteroatoms. The van der Waals surface area contributed by atoms with E-state index in [2.05, 4.69) is 224 Å². The summed E-state index contributed by atoms with van der Waals surface area (Å²) in [6.07, 6.45) is 0. The van der Waals surface area contributed by atoms with Crippen LogP contribution in [0.5, 0.6) is 0 Å². The average molecular weight is 764 g/mol.